The lowest BCUT2D eigenvalue weighted by Gasteiger charge is -2.60. The van der Waals surface area contributed by atoms with Gasteiger partial charge in [0.05, 0.1) is 11.2 Å². The molecule has 2 aliphatic carbocycles. The molecule has 1 heterocycles. The summed E-state index contributed by atoms with van der Waals surface area (Å²) in [6, 6.07) is 0. The molecule has 1 unspecified atom stereocenters. The van der Waals surface area contributed by atoms with Crippen molar-refractivity contribution in [3.63, 3.8) is 0 Å². The number of hydrogen-bond acceptors (Lipinski definition) is 3. The zero-order chi connectivity index (χ0) is 40.5. The van der Waals surface area contributed by atoms with E-state index in [2.05, 4.69) is 113 Å². The van der Waals surface area contributed by atoms with E-state index in [1.807, 2.05) is 0 Å². The normalized spacial score (nSPS) is 26.3. The smallest absolute Gasteiger partial charge is 0.225 e. The molecule has 5 atom stereocenters. The molecule has 1 aliphatic heterocycles. The molecule has 0 aromatic rings. The Kier molecular flexibility index (Phi) is 21.2. The third-order valence-electron chi connectivity index (χ3n) is 12.5. The van der Waals surface area contributed by atoms with Gasteiger partial charge in [0.2, 0.25) is 5.91 Å². The van der Waals surface area contributed by atoms with Gasteiger partial charge in [-0.15, -0.1) is 6.58 Å². The summed E-state index contributed by atoms with van der Waals surface area (Å²) in [7, 11) is 3.59. The Hall–Kier alpha value is -2.17. The number of allylic oxidation sites excluding steroid dienone is 9. The Morgan fingerprint density at radius 1 is 0.755 bits per heavy atom. The van der Waals surface area contributed by atoms with E-state index in [-0.39, 0.29) is 11.5 Å². The first-order chi connectivity index (χ1) is 24.6. The molecule has 0 bridgehead atoms. The minimum absolute atomic E-state index is 0.165. The minimum Gasteiger partial charge on any atom is -0.386 e. The number of aliphatic hydroxyl groups is 1. The maximum absolute atomic E-state index is 11.5. The number of fused-ring (bicyclic) bond motifs is 3. The summed E-state index contributed by atoms with van der Waals surface area (Å²) in [6.45, 7) is 31.4. The lowest BCUT2D eigenvalue weighted by Crippen LogP contribution is -2.55. The Balaban J connectivity index is 0.000000400. The van der Waals surface area contributed by atoms with Gasteiger partial charge >= 0.3 is 0 Å². The van der Waals surface area contributed by atoms with Crippen LogP contribution in [0.1, 0.15) is 179 Å². The van der Waals surface area contributed by atoms with Crippen molar-refractivity contribution in [1.82, 2.24) is 4.90 Å². The SMILES string of the molecule is C=CC(C)(O)CCC=C(C)CCC=C(C)C.CC(C)=CCCC(C)=CCCC(C)=CCC(=O)N(C)C.CC1(C)CCC[C@]2(C)[C@H]3CCO[C@]3(C)CC[C@@H]12. The van der Waals surface area contributed by atoms with Gasteiger partial charge in [-0.05, 0) is 168 Å². The number of hydrogen-bond donors (Lipinski definition) is 1. The Morgan fingerprint density at radius 2 is 1.26 bits per heavy atom. The molecule has 3 rings (SSSR count). The topological polar surface area (TPSA) is 49.8 Å². The fraction of sp³-hybridized carbons (Fsp3) is 0.735. The van der Waals surface area contributed by atoms with Gasteiger partial charge in [-0.25, -0.2) is 0 Å². The van der Waals surface area contributed by atoms with Gasteiger partial charge < -0.3 is 14.7 Å². The molecule has 0 radical (unpaired) electrons. The third-order valence-corrected chi connectivity index (χ3v) is 12.5. The van der Waals surface area contributed by atoms with E-state index >= 15 is 0 Å². The highest BCUT2D eigenvalue weighted by Crippen LogP contribution is 2.64. The molecule has 0 aromatic carbocycles. The summed E-state index contributed by atoms with van der Waals surface area (Å²) < 4.78 is 6.13. The van der Waals surface area contributed by atoms with E-state index < -0.39 is 5.60 Å². The van der Waals surface area contributed by atoms with E-state index in [9.17, 15) is 9.90 Å². The third kappa shape index (κ3) is 17.9. The highest BCUT2D eigenvalue weighted by molar-refractivity contribution is 5.77. The van der Waals surface area contributed by atoms with Crippen LogP contribution in [0.4, 0.5) is 0 Å². The second-order valence-corrected chi connectivity index (χ2v) is 18.9. The van der Waals surface area contributed by atoms with Crippen LogP contribution in [0.5, 0.6) is 0 Å². The predicted molar refractivity (Wildman–Crippen MR) is 232 cm³/mol. The highest BCUT2D eigenvalue weighted by atomic mass is 16.5. The monoisotopic (exact) mass is 736 g/mol. The summed E-state index contributed by atoms with van der Waals surface area (Å²) in [6.07, 6.45) is 29.8. The number of amides is 1. The molecule has 3 aliphatic rings. The van der Waals surface area contributed by atoms with Crippen molar-refractivity contribution >= 4 is 5.91 Å². The van der Waals surface area contributed by atoms with Gasteiger partial charge in [-0.3, -0.25) is 4.79 Å². The molecule has 304 valence electrons. The lowest BCUT2D eigenvalue weighted by atomic mass is 9.46. The van der Waals surface area contributed by atoms with Crippen LogP contribution < -0.4 is 0 Å². The fourth-order valence-corrected chi connectivity index (χ4v) is 9.01. The average molecular weight is 736 g/mol. The van der Waals surface area contributed by atoms with Crippen LogP contribution in [0.2, 0.25) is 0 Å². The Labute approximate surface area is 329 Å². The minimum atomic E-state index is -0.726. The van der Waals surface area contributed by atoms with Crippen molar-refractivity contribution < 1.29 is 14.6 Å². The first kappa shape index (κ1) is 48.8. The van der Waals surface area contributed by atoms with Crippen molar-refractivity contribution in [3.8, 4) is 0 Å². The van der Waals surface area contributed by atoms with E-state index in [1.54, 1.807) is 32.0 Å². The van der Waals surface area contributed by atoms with Crippen molar-refractivity contribution in [1.29, 1.82) is 0 Å². The van der Waals surface area contributed by atoms with Crippen LogP contribution in [0.3, 0.4) is 0 Å². The summed E-state index contributed by atoms with van der Waals surface area (Å²) in [5.74, 6) is 1.90. The van der Waals surface area contributed by atoms with E-state index in [4.69, 9.17) is 4.74 Å². The summed E-state index contributed by atoms with van der Waals surface area (Å²) >= 11 is 0. The van der Waals surface area contributed by atoms with Crippen molar-refractivity contribution in [3.05, 3.63) is 70.9 Å². The summed E-state index contributed by atoms with van der Waals surface area (Å²) in [4.78, 5) is 13.1. The number of nitrogens with zero attached hydrogens (tertiary/aromatic N) is 1. The summed E-state index contributed by atoms with van der Waals surface area (Å²) in [5, 5.41) is 9.73. The van der Waals surface area contributed by atoms with Gasteiger partial charge in [0.1, 0.15) is 0 Å². The van der Waals surface area contributed by atoms with E-state index in [0.29, 0.717) is 17.3 Å². The van der Waals surface area contributed by atoms with Gasteiger partial charge in [-0.2, -0.15) is 0 Å². The van der Waals surface area contributed by atoms with Crippen molar-refractivity contribution in [2.24, 2.45) is 22.7 Å². The molecule has 4 nitrogen and oxygen atoms in total. The molecule has 3 fully saturated rings. The largest absolute Gasteiger partial charge is 0.386 e. The molecule has 1 amide bonds. The van der Waals surface area contributed by atoms with E-state index in [1.165, 1.54) is 66.4 Å². The molecule has 2 saturated carbocycles. The number of carbonyl (C=O) groups is 1. The van der Waals surface area contributed by atoms with Crippen molar-refractivity contribution in [2.75, 3.05) is 20.7 Å². The van der Waals surface area contributed by atoms with Gasteiger partial charge in [0.25, 0.3) is 0 Å². The van der Waals surface area contributed by atoms with Crippen LogP contribution in [-0.2, 0) is 9.53 Å². The molecule has 0 spiro atoms. The first-order valence-electron chi connectivity index (χ1n) is 21.0. The first-order valence-corrected chi connectivity index (χ1v) is 21.0. The molecule has 1 saturated heterocycles. The quantitative estimate of drug-likeness (QED) is 0.170. The predicted octanol–water partition coefficient (Wildman–Crippen LogP) is 13.7. The maximum atomic E-state index is 11.5. The van der Waals surface area contributed by atoms with Gasteiger partial charge in [0, 0.05) is 27.1 Å². The number of ether oxygens (including phenoxy) is 1. The second-order valence-electron chi connectivity index (χ2n) is 18.9. The molecule has 0 aromatic heterocycles. The van der Waals surface area contributed by atoms with Crippen LogP contribution in [0.25, 0.3) is 0 Å². The zero-order valence-corrected chi connectivity index (χ0v) is 37.4. The lowest BCUT2D eigenvalue weighted by molar-refractivity contribution is -0.147. The summed E-state index contributed by atoms with van der Waals surface area (Å²) in [5.41, 5.74) is 7.51. The molecular weight excluding hydrogens is 651 g/mol. The highest BCUT2D eigenvalue weighted by Gasteiger charge is 2.60. The Morgan fingerprint density at radius 3 is 1.77 bits per heavy atom. The average Bonchev–Trinajstić information content (AvgIpc) is 3.46. The fourth-order valence-electron chi connectivity index (χ4n) is 9.01. The standard InChI is InChI=1S/C18H31NO.C16H28O.C15H26O/c1-15(2)9-7-10-16(3)11-8-12-17(4)13-14-18(20)19(5)6;1-14(2)8-5-9-15(3)12(14)6-10-16(4)13(15)7-11-17-16;1-6-15(5,16)12-8-11-14(4)10-7-9-13(2)3/h9,11,13H,7-8,10,12,14H2,1-6H3;12-13H,5-11H2,1-4H3;6,9,11,16H,1,7-8,10,12H2,2-5H3/t;12-,13+,15-,16+;/m.0./s1. The van der Waals surface area contributed by atoms with Gasteiger partial charge in [0.15, 0.2) is 0 Å². The van der Waals surface area contributed by atoms with Crippen LogP contribution >= 0.6 is 0 Å². The van der Waals surface area contributed by atoms with Gasteiger partial charge in [-0.1, -0.05) is 91.5 Å². The molecule has 1 N–H and O–H groups in total. The second kappa shape index (κ2) is 23.0. The zero-order valence-electron chi connectivity index (χ0n) is 37.4. The number of carbonyl (C=O) groups excluding carboxylic acids is 1. The van der Waals surface area contributed by atoms with Crippen LogP contribution in [0, 0.1) is 22.7 Å². The molecule has 53 heavy (non-hydrogen) atoms. The van der Waals surface area contributed by atoms with Crippen LogP contribution in [0.15, 0.2) is 70.9 Å². The van der Waals surface area contributed by atoms with Crippen molar-refractivity contribution in [2.45, 2.75) is 191 Å². The molecular formula is C49H85NO3. The Bertz CT molecular complexity index is 1280. The maximum Gasteiger partial charge on any atom is 0.225 e. The number of rotatable bonds is 15. The molecule has 4 heteroatoms. The van der Waals surface area contributed by atoms with Crippen LogP contribution in [-0.4, -0.2) is 47.8 Å². The van der Waals surface area contributed by atoms with E-state index in [0.717, 1.165) is 69.8 Å².